The van der Waals surface area contributed by atoms with Crippen molar-refractivity contribution in [1.82, 2.24) is 0 Å². The fourth-order valence-corrected chi connectivity index (χ4v) is 13.0. The van der Waals surface area contributed by atoms with Crippen molar-refractivity contribution >= 4 is 25.7 Å². The maximum Gasteiger partial charge on any atom is 0.472 e. The summed E-state index contributed by atoms with van der Waals surface area (Å²) in [6, 6.07) is 0. The number of aliphatic hydroxyl groups is 10. The molecule has 0 bridgehead atoms. The van der Waals surface area contributed by atoms with Crippen LogP contribution in [0.4, 0.5) is 0 Å². The third-order valence-electron chi connectivity index (χ3n) is 18.0. The van der Waals surface area contributed by atoms with Crippen LogP contribution in [0, 0.1) is 0 Å². The van der Waals surface area contributed by atoms with E-state index in [1.165, 1.54) is 103 Å². The second-order valence-electron chi connectivity index (χ2n) is 26.3. The zero-order chi connectivity index (χ0) is 68.9. The molecule has 0 aromatic rings. The number of phosphoric ester groups is 1. The molecule has 2 aliphatic heterocycles. The third-order valence-corrected chi connectivity index (χ3v) is 19.0. The first-order valence-electron chi connectivity index (χ1n) is 36.5. The highest BCUT2D eigenvalue weighted by Crippen LogP contribution is 2.49. The summed E-state index contributed by atoms with van der Waals surface area (Å²) >= 11 is 0. The van der Waals surface area contributed by atoms with E-state index in [-0.39, 0.29) is 19.3 Å². The Balaban J connectivity index is 1.75. The number of carbonyl (C=O) groups excluding carboxylic acids is 3. The van der Waals surface area contributed by atoms with Crippen molar-refractivity contribution in [2.45, 2.75) is 382 Å². The molecule has 24 nitrogen and oxygen atoms in total. The molecule has 552 valence electrons. The highest BCUT2D eigenvalue weighted by molar-refractivity contribution is 7.47. The Kier molecular flexibility index (Phi) is 47.3. The van der Waals surface area contributed by atoms with Gasteiger partial charge in [-0.05, 0) is 44.9 Å². The molecule has 2 heterocycles. The molecule has 0 aromatic heterocycles. The summed E-state index contributed by atoms with van der Waals surface area (Å²) in [5.41, 5.74) is 0. The van der Waals surface area contributed by atoms with Gasteiger partial charge in [0.15, 0.2) is 18.7 Å². The van der Waals surface area contributed by atoms with Crippen molar-refractivity contribution < 1.29 is 117 Å². The van der Waals surface area contributed by atoms with Gasteiger partial charge in [0.2, 0.25) is 0 Å². The summed E-state index contributed by atoms with van der Waals surface area (Å²) in [6.45, 7) is 3.41. The van der Waals surface area contributed by atoms with Gasteiger partial charge in [-0.25, -0.2) is 4.57 Å². The van der Waals surface area contributed by atoms with Gasteiger partial charge in [-0.3, -0.25) is 23.4 Å². The van der Waals surface area contributed by atoms with E-state index in [4.69, 9.17) is 42.2 Å². The predicted molar refractivity (Wildman–Crippen MR) is 352 cm³/mol. The molecule has 11 N–H and O–H groups in total. The van der Waals surface area contributed by atoms with Crippen molar-refractivity contribution in [3.8, 4) is 0 Å². The average molecular weight is 1370 g/mol. The molecular weight excluding hydrogens is 1240 g/mol. The van der Waals surface area contributed by atoms with Crippen LogP contribution >= 0.6 is 7.82 Å². The van der Waals surface area contributed by atoms with Crippen LogP contribution in [0.15, 0.2) is 12.2 Å². The van der Waals surface area contributed by atoms with E-state index >= 15 is 0 Å². The first kappa shape index (κ1) is 85.9. The Morgan fingerprint density at radius 2 is 0.745 bits per heavy atom. The molecule has 18 atom stereocenters. The highest BCUT2D eigenvalue weighted by Gasteiger charge is 2.58. The molecule has 3 rings (SSSR count). The minimum Gasteiger partial charge on any atom is -0.463 e. The second kappa shape index (κ2) is 51.8. The van der Waals surface area contributed by atoms with E-state index in [0.717, 1.165) is 116 Å². The molecule has 3 aliphatic rings. The molecule has 1 saturated carbocycles. The van der Waals surface area contributed by atoms with E-state index < -0.39 is 156 Å². The number of allylic oxidation sites excluding steroid dienone is 2. The lowest BCUT2D eigenvalue weighted by atomic mass is 9.84. The van der Waals surface area contributed by atoms with E-state index in [9.17, 15) is 74.9 Å². The summed E-state index contributed by atoms with van der Waals surface area (Å²) in [5.74, 6) is -1.99. The molecule has 25 heteroatoms. The largest absolute Gasteiger partial charge is 0.472 e. The Morgan fingerprint density at radius 3 is 1.16 bits per heavy atom. The van der Waals surface area contributed by atoms with Crippen molar-refractivity contribution in [2.24, 2.45) is 0 Å². The van der Waals surface area contributed by atoms with Crippen LogP contribution in [0.25, 0.3) is 0 Å². The van der Waals surface area contributed by atoms with Crippen molar-refractivity contribution in [2.75, 3.05) is 26.4 Å². The number of phosphoric acid groups is 1. The Hall–Kier alpha value is -2.30. The molecule has 0 radical (unpaired) electrons. The normalized spacial score (nSPS) is 28.3. The maximum absolute atomic E-state index is 14.3. The number of hydrogen-bond acceptors (Lipinski definition) is 23. The van der Waals surface area contributed by atoms with Crippen LogP contribution in [0.5, 0.6) is 0 Å². The van der Waals surface area contributed by atoms with Crippen molar-refractivity contribution in [3.05, 3.63) is 12.2 Å². The summed E-state index contributed by atoms with van der Waals surface area (Å²) in [4.78, 5) is 50.9. The van der Waals surface area contributed by atoms with Gasteiger partial charge < -0.3 is 89.1 Å². The van der Waals surface area contributed by atoms with Gasteiger partial charge in [0.1, 0.15) is 98.7 Å². The Labute approximate surface area is 561 Å². The summed E-state index contributed by atoms with van der Waals surface area (Å²) in [7, 11) is -5.69. The maximum atomic E-state index is 14.3. The Bertz CT molecular complexity index is 2010. The minimum atomic E-state index is -5.69. The van der Waals surface area contributed by atoms with Gasteiger partial charge in [-0.15, -0.1) is 0 Å². The molecule has 0 amide bonds. The van der Waals surface area contributed by atoms with E-state index in [0.29, 0.717) is 19.3 Å². The average Bonchev–Trinajstić information content (AvgIpc) is 0.764. The zero-order valence-electron chi connectivity index (χ0n) is 57.3. The topological polar surface area (TPSA) is 374 Å². The van der Waals surface area contributed by atoms with Crippen molar-refractivity contribution in [1.29, 1.82) is 0 Å². The second-order valence-corrected chi connectivity index (χ2v) is 27.7. The van der Waals surface area contributed by atoms with Gasteiger partial charge >= 0.3 is 25.7 Å². The van der Waals surface area contributed by atoms with Gasteiger partial charge in [0.25, 0.3) is 0 Å². The first-order valence-corrected chi connectivity index (χ1v) is 38.0. The van der Waals surface area contributed by atoms with E-state index in [2.05, 4.69) is 32.9 Å². The monoisotopic (exact) mass is 1370 g/mol. The van der Waals surface area contributed by atoms with Gasteiger partial charge in [-0.2, -0.15) is 0 Å². The fourth-order valence-electron chi connectivity index (χ4n) is 12.0. The van der Waals surface area contributed by atoms with Crippen molar-refractivity contribution in [3.63, 3.8) is 0 Å². The summed E-state index contributed by atoms with van der Waals surface area (Å²) in [5, 5.41) is 110. The molecule has 18 unspecified atom stereocenters. The van der Waals surface area contributed by atoms with Crippen LogP contribution in [0.1, 0.15) is 278 Å². The molecule has 94 heavy (non-hydrogen) atoms. The minimum absolute atomic E-state index is 0.0315. The Morgan fingerprint density at radius 1 is 0.404 bits per heavy atom. The fraction of sp³-hybridized carbons (Fsp3) is 0.928. The van der Waals surface area contributed by atoms with Gasteiger partial charge in [0.05, 0.1) is 13.2 Å². The van der Waals surface area contributed by atoms with Crippen LogP contribution in [-0.2, 0) is 61.2 Å². The van der Waals surface area contributed by atoms with Crippen LogP contribution in [0.2, 0.25) is 0 Å². The zero-order valence-corrected chi connectivity index (χ0v) is 58.2. The number of unbranched alkanes of at least 4 members (excludes halogenated alkanes) is 33. The number of rotatable bonds is 56. The molecule has 1 aliphatic carbocycles. The molecule has 0 spiro atoms. The quantitative estimate of drug-likeness (QED) is 0.00888. The molecule has 2 saturated heterocycles. The van der Waals surface area contributed by atoms with Gasteiger partial charge in [-0.1, -0.05) is 226 Å². The molecule has 3 fully saturated rings. The van der Waals surface area contributed by atoms with Crippen LogP contribution < -0.4 is 0 Å². The van der Waals surface area contributed by atoms with Crippen LogP contribution in [-0.4, -0.2) is 204 Å². The molecular formula is C69H127O24P. The molecule has 0 aromatic carbocycles. The summed E-state index contributed by atoms with van der Waals surface area (Å²) in [6.07, 6.45) is 8.70. The lowest BCUT2D eigenvalue weighted by Gasteiger charge is -2.49. The number of ether oxygens (including phenoxy) is 7. The van der Waals surface area contributed by atoms with E-state index in [1.807, 2.05) is 0 Å². The summed E-state index contributed by atoms with van der Waals surface area (Å²) < 4.78 is 64.9. The predicted octanol–water partition coefficient (Wildman–Crippen LogP) is 9.18. The number of carbonyl (C=O) groups is 3. The lowest BCUT2D eigenvalue weighted by molar-refractivity contribution is -0.360. The number of esters is 3. The SMILES string of the molecule is CCCCCC/C=C\CCCCCCCCCC(=O)OCC(COP(=O)(O)OC1C(OC2OC(CO)C(O)C(O)C2O)C(O)C(O)C(O)C1OC1OC(COC(=O)CCCCCCCCCCCCC)C(O)C(O)C1O)OC(=O)CCCCCCCCCCCCCCC. The lowest BCUT2D eigenvalue weighted by Crippen LogP contribution is -2.69. The standard InChI is InChI=1S/C69H127O24P/c1-4-7-10-13-16-19-22-24-25-27-29-32-34-37-40-43-53(71)85-47-50(88-55(73)45-42-39-36-33-30-26-23-20-17-14-11-8-5-2)48-87-94(83,84)93-67-65(91-68-63(81)58(76)56(74)51(46-70)89-68)61(79)60(78)62(80)66(67)92-69-64(82)59(77)57(75)52(90-69)49-86-54(72)44-41-38-35-31-28-21-18-15-12-9-6-3/h19,22,50-52,56-70,74-82H,4-18,20-21,23-49H2,1-3H3,(H,83,84)/b22-19-. The number of hydrogen-bond donors (Lipinski definition) is 11. The first-order chi connectivity index (χ1) is 45.3. The smallest absolute Gasteiger partial charge is 0.463 e. The third kappa shape index (κ3) is 35.1. The number of aliphatic hydroxyl groups excluding tert-OH is 10. The van der Waals surface area contributed by atoms with Gasteiger partial charge in [0, 0.05) is 19.3 Å². The van der Waals surface area contributed by atoms with Crippen LogP contribution in [0.3, 0.4) is 0 Å². The van der Waals surface area contributed by atoms with E-state index in [1.54, 1.807) is 0 Å². The highest BCUT2D eigenvalue weighted by atomic mass is 31.2.